The molecule has 0 spiro atoms. The highest BCUT2D eigenvalue weighted by Gasteiger charge is 2.43. The van der Waals surface area contributed by atoms with Crippen molar-refractivity contribution in [3.8, 4) is 0 Å². The zero-order chi connectivity index (χ0) is 18.0. The van der Waals surface area contributed by atoms with E-state index in [1.807, 2.05) is 11.8 Å². The van der Waals surface area contributed by atoms with Gasteiger partial charge in [-0.25, -0.2) is 4.79 Å². The molecule has 0 unspecified atom stereocenters. The minimum atomic E-state index is -0.428. The van der Waals surface area contributed by atoms with E-state index in [0.717, 1.165) is 56.7 Å². The van der Waals surface area contributed by atoms with Crippen molar-refractivity contribution in [3.05, 3.63) is 11.6 Å². The van der Waals surface area contributed by atoms with Gasteiger partial charge in [0.25, 0.3) is 0 Å². The number of likely N-dealkylation sites (tertiary alicyclic amines) is 1. The molecule has 0 aromatic carbocycles. The molecule has 140 valence electrons. The molecule has 2 aliphatic heterocycles. The molecule has 1 saturated heterocycles. The predicted molar refractivity (Wildman–Crippen MR) is 95.1 cm³/mol. The third-order valence-corrected chi connectivity index (χ3v) is 5.54. The molecule has 0 saturated carbocycles. The molecule has 1 aromatic heterocycles. The van der Waals surface area contributed by atoms with Crippen LogP contribution in [0.1, 0.15) is 70.6 Å². The smallest absolute Gasteiger partial charge is 0.318 e. The standard InChI is InChI=1S/C18H31N5O2/c1-13(2)11-18(12-24)8-6-10-23(18)17(25)19-14(3)16-21-20-15-7-4-5-9-22(15)16/h13-14,24H,4-12H2,1-3H3,(H,19,25)/t14-,18-/m0/s1. The van der Waals surface area contributed by atoms with Gasteiger partial charge in [0.05, 0.1) is 18.2 Å². The molecule has 1 aromatic rings. The Labute approximate surface area is 149 Å². The van der Waals surface area contributed by atoms with Crippen LogP contribution in [0.15, 0.2) is 0 Å². The van der Waals surface area contributed by atoms with Gasteiger partial charge in [0.15, 0.2) is 5.82 Å². The van der Waals surface area contributed by atoms with Crippen LogP contribution < -0.4 is 5.32 Å². The summed E-state index contributed by atoms with van der Waals surface area (Å²) in [4.78, 5) is 14.8. The Kier molecular flexibility index (Phi) is 5.32. The third kappa shape index (κ3) is 3.52. The number of aromatic nitrogens is 3. The number of nitrogens with one attached hydrogen (secondary N) is 1. The minimum absolute atomic E-state index is 0.0211. The quantitative estimate of drug-likeness (QED) is 0.854. The van der Waals surface area contributed by atoms with Crippen LogP contribution in [-0.4, -0.2) is 49.5 Å². The molecule has 3 rings (SSSR count). The monoisotopic (exact) mass is 349 g/mol. The topological polar surface area (TPSA) is 83.3 Å². The maximum atomic E-state index is 12.9. The van der Waals surface area contributed by atoms with Crippen molar-refractivity contribution in [2.75, 3.05) is 13.2 Å². The number of hydrogen-bond acceptors (Lipinski definition) is 4. The van der Waals surface area contributed by atoms with Crippen LogP contribution in [0.5, 0.6) is 0 Å². The Morgan fingerprint density at radius 1 is 1.24 bits per heavy atom. The van der Waals surface area contributed by atoms with Crippen LogP contribution >= 0.6 is 0 Å². The van der Waals surface area contributed by atoms with E-state index in [1.54, 1.807) is 0 Å². The van der Waals surface area contributed by atoms with Gasteiger partial charge in [-0.1, -0.05) is 13.8 Å². The molecule has 7 heteroatoms. The van der Waals surface area contributed by atoms with Crippen LogP contribution in [0.3, 0.4) is 0 Å². The van der Waals surface area contributed by atoms with E-state index in [-0.39, 0.29) is 18.7 Å². The fourth-order valence-electron chi connectivity index (χ4n) is 4.44. The van der Waals surface area contributed by atoms with Gasteiger partial charge in [0.1, 0.15) is 5.82 Å². The summed E-state index contributed by atoms with van der Waals surface area (Å²) in [5, 5.41) is 21.7. The summed E-state index contributed by atoms with van der Waals surface area (Å²) in [6.45, 7) is 7.88. The van der Waals surface area contributed by atoms with Crippen molar-refractivity contribution in [2.45, 2.75) is 77.4 Å². The molecule has 0 bridgehead atoms. The molecule has 2 atom stereocenters. The van der Waals surface area contributed by atoms with E-state index in [9.17, 15) is 9.90 Å². The molecule has 2 amide bonds. The summed E-state index contributed by atoms with van der Waals surface area (Å²) in [6.07, 6.45) is 5.88. The largest absolute Gasteiger partial charge is 0.394 e. The average Bonchev–Trinajstić information content (AvgIpc) is 3.18. The highest BCUT2D eigenvalue weighted by Crippen LogP contribution is 2.35. The average molecular weight is 349 g/mol. The molecule has 0 radical (unpaired) electrons. The van der Waals surface area contributed by atoms with Gasteiger partial charge in [-0.2, -0.15) is 0 Å². The number of nitrogens with zero attached hydrogens (tertiary/aromatic N) is 4. The van der Waals surface area contributed by atoms with Crippen molar-refractivity contribution in [3.63, 3.8) is 0 Å². The molecule has 7 nitrogen and oxygen atoms in total. The lowest BCUT2D eigenvalue weighted by Crippen LogP contribution is -2.54. The second kappa shape index (κ2) is 7.32. The summed E-state index contributed by atoms with van der Waals surface area (Å²) in [5.74, 6) is 2.29. The van der Waals surface area contributed by atoms with E-state index in [4.69, 9.17) is 0 Å². The van der Waals surface area contributed by atoms with Crippen LogP contribution in [0.4, 0.5) is 4.79 Å². The molecule has 25 heavy (non-hydrogen) atoms. The van der Waals surface area contributed by atoms with E-state index in [1.165, 1.54) is 0 Å². The van der Waals surface area contributed by atoms with Gasteiger partial charge in [0, 0.05) is 19.5 Å². The normalized spacial score (nSPS) is 24.4. The number of carbonyl (C=O) groups is 1. The van der Waals surface area contributed by atoms with Gasteiger partial charge in [-0.05, 0) is 44.9 Å². The van der Waals surface area contributed by atoms with Crippen LogP contribution in [0.25, 0.3) is 0 Å². The third-order valence-electron chi connectivity index (χ3n) is 5.54. The number of rotatable bonds is 5. The summed E-state index contributed by atoms with van der Waals surface area (Å²) in [5.41, 5.74) is -0.428. The minimum Gasteiger partial charge on any atom is -0.394 e. The van der Waals surface area contributed by atoms with E-state index >= 15 is 0 Å². The molecular formula is C18H31N5O2. The Balaban J connectivity index is 1.71. The van der Waals surface area contributed by atoms with Crippen LogP contribution in [0, 0.1) is 5.92 Å². The Bertz CT molecular complexity index is 615. The van der Waals surface area contributed by atoms with E-state index in [0.29, 0.717) is 12.5 Å². The second-order valence-corrected chi connectivity index (χ2v) is 7.99. The van der Waals surface area contributed by atoms with Gasteiger partial charge in [-0.3, -0.25) is 0 Å². The molecule has 2 aliphatic rings. The van der Waals surface area contributed by atoms with Crippen molar-refractivity contribution in [1.82, 2.24) is 25.0 Å². The fraction of sp³-hybridized carbons (Fsp3) is 0.833. The summed E-state index contributed by atoms with van der Waals surface area (Å²) in [6, 6.07) is -0.296. The lowest BCUT2D eigenvalue weighted by atomic mass is 9.87. The van der Waals surface area contributed by atoms with Crippen molar-refractivity contribution < 1.29 is 9.90 Å². The molecule has 2 N–H and O–H groups in total. The van der Waals surface area contributed by atoms with Gasteiger partial charge >= 0.3 is 6.03 Å². The summed E-state index contributed by atoms with van der Waals surface area (Å²) >= 11 is 0. The zero-order valence-electron chi connectivity index (χ0n) is 15.7. The molecule has 0 aliphatic carbocycles. The Morgan fingerprint density at radius 3 is 2.76 bits per heavy atom. The number of aliphatic hydroxyl groups excluding tert-OH is 1. The molecule has 3 heterocycles. The van der Waals surface area contributed by atoms with Gasteiger partial charge in [-0.15, -0.1) is 10.2 Å². The first-order valence-electron chi connectivity index (χ1n) is 9.58. The lowest BCUT2D eigenvalue weighted by Gasteiger charge is -2.39. The maximum absolute atomic E-state index is 12.9. The summed E-state index contributed by atoms with van der Waals surface area (Å²) in [7, 11) is 0. The van der Waals surface area contributed by atoms with Crippen molar-refractivity contribution in [2.24, 2.45) is 5.92 Å². The van der Waals surface area contributed by atoms with Crippen molar-refractivity contribution >= 4 is 6.03 Å². The lowest BCUT2D eigenvalue weighted by molar-refractivity contribution is 0.0665. The van der Waals surface area contributed by atoms with Gasteiger partial charge in [0.2, 0.25) is 0 Å². The number of fused-ring (bicyclic) bond motifs is 1. The van der Waals surface area contributed by atoms with Crippen molar-refractivity contribution in [1.29, 1.82) is 0 Å². The molecular weight excluding hydrogens is 318 g/mol. The highest BCUT2D eigenvalue weighted by atomic mass is 16.3. The second-order valence-electron chi connectivity index (χ2n) is 7.99. The zero-order valence-corrected chi connectivity index (χ0v) is 15.7. The van der Waals surface area contributed by atoms with Crippen LogP contribution in [-0.2, 0) is 13.0 Å². The highest BCUT2D eigenvalue weighted by molar-refractivity contribution is 5.76. The van der Waals surface area contributed by atoms with E-state index in [2.05, 4.69) is 33.9 Å². The predicted octanol–water partition coefficient (Wildman–Crippen LogP) is 2.26. The fourth-order valence-corrected chi connectivity index (χ4v) is 4.44. The molecule has 1 fully saturated rings. The van der Waals surface area contributed by atoms with Crippen LogP contribution in [0.2, 0.25) is 0 Å². The number of hydrogen-bond donors (Lipinski definition) is 2. The number of aliphatic hydroxyl groups is 1. The number of amides is 2. The SMILES string of the molecule is CC(C)C[C@]1(CO)CCCN1C(=O)N[C@@H](C)c1nnc2n1CCCC2. The first-order chi connectivity index (χ1) is 12.0. The Hall–Kier alpha value is -1.63. The maximum Gasteiger partial charge on any atom is 0.318 e. The number of urea groups is 1. The first kappa shape index (κ1) is 18.2. The number of aryl methyl sites for hydroxylation is 1. The first-order valence-corrected chi connectivity index (χ1v) is 9.58. The summed E-state index contributed by atoms with van der Waals surface area (Å²) < 4.78 is 2.14. The van der Waals surface area contributed by atoms with E-state index < -0.39 is 5.54 Å². The Morgan fingerprint density at radius 2 is 2.04 bits per heavy atom. The number of carbonyl (C=O) groups excluding carboxylic acids is 1. The van der Waals surface area contributed by atoms with Gasteiger partial charge < -0.3 is 19.9 Å².